The molecule has 2 nitrogen and oxygen atoms in total. The summed E-state index contributed by atoms with van der Waals surface area (Å²) in [6.07, 6.45) is 1.62. The topological polar surface area (TPSA) is 29.5 Å². The molecule has 1 rings (SSSR count). The van der Waals surface area contributed by atoms with Crippen molar-refractivity contribution >= 4 is 11.8 Å². The Morgan fingerprint density at radius 1 is 1.38 bits per heavy atom. The fourth-order valence-electron chi connectivity index (χ4n) is 0.889. The van der Waals surface area contributed by atoms with Gasteiger partial charge in [0.15, 0.2) is 0 Å². The summed E-state index contributed by atoms with van der Waals surface area (Å²) in [5.74, 6) is 0.804. The molecule has 1 atom stereocenters. The number of aliphatic hydroxyl groups excluding tert-OH is 1. The van der Waals surface area contributed by atoms with Gasteiger partial charge in [-0.3, -0.25) is 0 Å². The van der Waals surface area contributed by atoms with Gasteiger partial charge in [-0.15, -0.1) is 11.8 Å². The molecular formula is C10H14O2S. The van der Waals surface area contributed by atoms with Crippen LogP contribution < -0.4 is 4.74 Å². The zero-order chi connectivity index (χ0) is 9.68. The number of aliphatic hydroxyl groups is 1. The van der Waals surface area contributed by atoms with E-state index in [1.54, 1.807) is 18.7 Å². The molecule has 1 aromatic carbocycles. The van der Waals surface area contributed by atoms with Gasteiger partial charge < -0.3 is 9.84 Å². The highest BCUT2D eigenvalue weighted by Gasteiger charge is 1.97. The summed E-state index contributed by atoms with van der Waals surface area (Å²) < 4.78 is 5.31. The maximum Gasteiger partial charge on any atom is 0.119 e. The van der Waals surface area contributed by atoms with Crippen molar-refractivity contribution in [1.82, 2.24) is 0 Å². The molecule has 0 saturated carbocycles. The molecule has 0 bridgehead atoms. The fourth-order valence-corrected chi connectivity index (χ4v) is 1.30. The molecule has 0 spiro atoms. The predicted molar refractivity (Wildman–Crippen MR) is 55.4 cm³/mol. The molecule has 0 aromatic heterocycles. The van der Waals surface area contributed by atoms with Crippen molar-refractivity contribution < 1.29 is 9.84 Å². The third kappa shape index (κ3) is 3.70. The molecule has 1 aromatic rings. The summed E-state index contributed by atoms with van der Waals surface area (Å²) in [7, 11) is 0. The SMILES string of the molecule is CSc1ccc(OCC(C)O)cc1. The Labute approximate surface area is 82.9 Å². The molecule has 0 fully saturated rings. The van der Waals surface area contributed by atoms with Gasteiger partial charge in [-0.1, -0.05) is 0 Å². The molecule has 0 aliphatic heterocycles. The first-order valence-corrected chi connectivity index (χ1v) is 5.40. The molecule has 1 N–H and O–H groups in total. The van der Waals surface area contributed by atoms with Gasteiger partial charge in [0.05, 0.1) is 6.10 Å². The van der Waals surface area contributed by atoms with Crippen LogP contribution in [0.3, 0.4) is 0 Å². The minimum absolute atomic E-state index is 0.346. The van der Waals surface area contributed by atoms with Gasteiger partial charge in [-0.2, -0.15) is 0 Å². The highest BCUT2D eigenvalue weighted by atomic mass is 32.2. The Kier molecular flexibility index (Phi) is 4.12. The van der Waals surface area contributed by atoms with Crippen LogP contribution in [0.5, 0.6) is 5.75 Å². The molecule has 72 valence electrons. The van der Waals surface area contributed by atoms with E-state index in [2.05, 4.69) is 0 Å². The van der Waals surface area contributed by atoms with Crippen LogP contribution in [-0.4, -0.2) is 24.1 Å². The Morgan fingerprint density at radius 3 is 2.46 bits per heavy atom. The maximum atomic E-state index is 8.99. The van der Waals surface area contributed by atoms with Crippen LogP contribution in [0.1, 0.15) is 6.92 Å². The van der Waals surface area contributed by atoms with E-state index in [0.29, 0.717) is 6.61 Å². The van der Waals surface area contributed by atoms with Gasteiger partial charge in [0, 0.05) is 4.90 Å². The number of rotatable bonds is 4. The molecular weight excluding hydrogens is 184 g/mol. The van der Waals surface area contributed by atoms with Crippen molar-refractivity contribution in [3.63, 3.8) is 0 Å². The van der Waals surface area contributed by atoms with Crippen molar-refractivity contribution in [1.29, 1.82) is 0 Å². The lowest BCUT2D eigenvalue weighted by molar-refractivity contribution is 0.122. The summed E-state index contributed by atoms with van der Waals surface area (Å²) in [6, 6.07) is 7.83. The molecule has 1 unspecified atom stereocenters. The number of hydrogen-bond donors (Lipinski definition) is 1. The highest BCUT2D eigenvalue weighted by Crippen LogP contribution is 2.18. The van der Waals surface area contributed by atoms with Crippen molar-refractivity contribution in [2.45, 2.75) is 17.9 Å². The minimum Gasteiger partial charge on any atom is -0.491 e. The molecule has 13 heavy (non-hydrogen) atoms. The third-order valence-electron chi connectivity index (χ3n) is 1.55. The van der Waals surface area contributed by atoms with Gasteiger partial charge >= 0.3 is 0 Å². The van der Waals surface area contributed by atoms with Gasteiger partial charge in [0.2, 0.25) is 0 Å². The van der Waals surface area contributed by atoms with Gasteiger partial charge in [0.1, 0.15) is 12.4 Å². The Balaban J connectivity index is 2.49. The first kappa shape index (κ1) is 10.4. The van der Waals surface area contributed by atoms with Crippen LogP contribution in [-0.2, 0) is 0 Å². The van der Waals surface area contributed by atoms with Crippen LogP contribution in [0.2, 0.25) is 0 Å². The van der Waals surface area contributed by atoms with Crippen LogP contribution in [0.25, 0.3) is 0 Å². The molecule has 3 heteroatoms. The van der Waals surface area contributed by atoms with E-state index in [1.165, 1.54) is 4.90 Å². The van der Waals surface area contributed by atoms with E-state index in [1.807, 2.05) is 30.5 Å². The average molecular weight is 198 g/mol. The first-order valence-electron chi connectivity index (χ1n) is 4.17. The predicted octanol–water partition coefficient (Wildman–Crippen LogP) is 2.17. The lowest BCUT2D eigenvalue weighted by Gasteiger charge is -2.07. The second-order valence-electron chi connectivity index (χ2n) is 2.84. The Morgan fingerprint density at radius 2 is 2.00 bits per heavy atom. The summed E-state index contributed by atoms with van der Waals surface area (Å²) in [5, 5.41) is 8.99. The number of thioether (sulfide) groups is 1. The number of ether oxygens (including phenoxy) is 1. The van der Waals surface area contributed by atoms with E-state index in [4.69, 9.17) is 9.84 Å². The monoisotopic (exact) mass is 198 g/mol. The molecule has 0 aliphatic rings. The van der Waals surface area contributed by atoms with Gasteiger partial charge in [-0.25, -0.2) is 0 Å². The van der Waals surface area contributed by atoms with E-state index in [9.17, 15) is 0 Å². The average Bonchev–Trinajstić information content (AvgIpc) is 2.15. The molecule has 0 amide bonds. The summed E-state index contributed by atoms with van der Waals surface area (Å²) in [5.41, 5.74) is 0. The van der Waals surface area contributed by atoms with Gasteiger partial charge in [-0.05, 0) is 37.4 Å². The van der Waals surface area contributed by atoms with Crippen molar-refractivity contribution in [2.24, 2.45) is 0 Å². The Bertz CT molecular complexity index is 244. The molecule has 0 saturated heterocycles. The van der Waals surface area contributed by atoms with Crippen molar-refractivity contribution in [3.05, 3.63) is 24.3 Å². The van der Waals surface area contributed by atoms with Crippen molar-refractivity contribution in [3.8, 4) is 5.75 Å². The third-order valence-corrected chi connectivity index (χ3v) is 2.29. The Hall–Kier alpha value is -0.670. The smallest absolute Gasteiger partial charge is 0.119 e. The second kappa shape index (κ2) is 5.14. The minimum atomic E-state index is -0.416. The van der Waals surface area contributed by atoms with Crippen LogP contribution in [0.15, 0.2) is 29.2 Å². The second-order valence-corrected chi connectivity index (χ2v) is 3.72. The fraction of sp³-hybridized carbons (Fsp3) is 0.400. The summed E-state index contributed by atoms with van der Waals surface area (Å²) in [4.78, 5) is 1.21. The highest BCUT2D eigenvalue weighted by molar-refractivity contribution is 7.98. The van der Waals surface area contributed by atoms with Crippen LogP contribution in [0.4, 0.5) is 0 Å². The number of benzene rings is 1. The molecule has 0 radical (unpaired) electrons. The maximum absolute atomic E-state index is 8.99. The lowest BCUT2D eigenvalue weighted by atomic mass is 10.3. The van der Waals surface area contributed by atoms with E-state index in [-0.39, 0.29) is 0 Å². The zero-order valence-corrected chi connectivity index (χ0v) is 8.67. The van der Waals surface area contributed by atoms with Crippen LogP contribution in [0, 0.1) is 0 Å². The quantitative estimate of drug-likeness (QED) is 0.752. The molecule has 0 aliphatic carbocycles. The van der Waals surface area contributed by atoms with Crippen molar-refractivity contribution in [2.75, 3.05) is 12.9 Å². The number of hydrogen-bond acceptors (Lipinski definition) is 3. The zero-order valence-electron chi connectivity index (χ0n) is 7.86. The standard InChI is InChI=1S/C10H14O2S/c1-8(11)7-12-9-3-5-10(13-2)6-4-9/h3-6,8,11H,7H2,1-2H3. The normalized spacial score (nSPS) is 12.5. The first-order chi connectivity index (χ1) is 6.22. The summed E-state index contributed by atoms with van der Waals surface area (Å²) in [6.45, 7) is 2.05. The largest absolute Gasteiger partial charge is 0.491 e. The molecule has 0 heterocycles. The summed E-state index contributed by atoms with van der Waals surface area (Å²) >= 11 is 1.70. The van der Waals surface area contributed by atoms with E-state index in [0.717, 1.165) is 5.75 Å². The van der Waals surface area contributed by atoms with Crippen LogP contribution >= 0.6 is 11.8 Å². The van der Waals surface area contributed by atoms with E-state index >= 15 is 0 Å². The van der Waals surface area contributed by atoms with Gasteiger partial charge in [0.25, 0.3) is 0 Å². The van der Waals surface area contributed by atoms with E-state index < -0.39 is 6.10 Å². The lowest BCUT2D eigenvalue weighted by Crippen LogP contribution is -2.12.